The van der Waals surface area contributed by atoms with Crippen molar-refractivity contribution in [1.82, 2.24) is 24.3 Å². The first-order chi connectivity index (χ1) is 18.7. The van der Waals surface area contributed by atoms with Gasteiger partial charge in [0.2, 0.25) is 11.9 Å². The van der Waals surface area contributed by atoms with Crippen LogP contribution in [0.1, 0.15) is 0 Å². The highest BCUT2D eigenvalue weighted by molar-refractivity contribution is 6.43. The van der Waals surface area contributed by atoms with Crippen LogP contribution in [0.25, 0.3) is 16.7 Å². The Hall–Kier alpha value is -4.74. The Morgan fingerprint density at radius 1 is 1.10 bits per heavy atom. The van der Waals surface area contributed by atoms with Gasteiger partial charge < -0.3 is 15.4 Å². The summed E-state index contributed by atoms with van der Waals surface area (Å²) in [5, 5.41) is 9.72. The number of carbonyl (C=O) groups excluding carboxylic acids is 1. The number of rotatable bonds is 7. The van der Waals surface area contributed by atoms with Gasteiger partial charge in [-0.05, 0) is 42.5 Å². The molecule has 2 aromatic carbocycles. The molecule has 0 aliphatic rings. The summed E-state index contributed by atoms with van der Waals surface area (Å²) in [4.78, 5) is 34.6. The fourth-order valence-corrected chi connectivity index (χ4v) is 4.03. The molecule has 0 atom stereocenters. The first-order valence-corrected chi connectivity index (χ1v) is 12.0. The lowest BCUT2D eigenvalue weighted by Crippen LogP contribution is -2.21. The molecule has 39 heavy (non-hydrogen) atoms. The molecule has 2 N–H and O–H groups in total. The standard InChI is InChI=1S/C26H18Cl2FN7O3/c1-3-21(37)32-15-5-4-6-17(10-15)36-24-14(11-30-26(34-24)33-16-12-31-35(2)13-16)9-20(25(36)38)39-19-8-7-18(29)22(27)23(19)28/h3-13H,1H2,2H3,(H,32,37)(H,30,33,34). The van der Waals surface area contributed by atoms with Gasteiger partial charge in [-0.2, -0.15) is 10.1 Å². The number of nitrogens with zero attached hydrogens (tertiary/aromatic N) is 5. The van der Waals surface area contributed by atoms with E-state index in [0.29, 0.717) is 22.4 Å². The molecule has 0 spiro atoms. The maximum Gasteiger partial charge on any atom is 0.299 e. The molecule has 0 aliphatic carbocycles. The second kappa shape index (κ2) is 10.6. The number of carbonyl (C=O) groups is 1. The zero-order valence-electron chi connectivity index (χ0n) is 20.2. The molecule has 0 fully saturated rings. The molecule has 0 bridgehead atoms. The largest absolute Gasteiger partial charge is 0.450 e. The van der Waals surface area contributed by atoms with Crippen LogP contribution in [-0.4, -0.2) is 30.2 Å². The van der Waals surface area contributed by atoms with Crippen molar-refractivity contribution >= 4 is 57.5 Å². The van der Waals surface area contributed by atoms with Crippen molar-refractivity contribution in [2.45, 2.75) is 0 Å². The predicted molar refractivity (Wildman–Crippen MR) is 147 cm³/mol. The minimum atomic E-state index is -0.731. The molecule has 0 saturated carbocycles. The summed E-state index contributed by atoms with van der Waals surface area (Å²) in [5.74, 6) is -1.11. The number of halogens is 3. The smallest absolute Gasteiger partial charge is 0.299 e. The van der Waals surface area contributed by atoms with Crippen molar-refractivity contribution in [3.8, 4) is 17.2 Å². The van der Waals surface area contributed by atoms with Gasteiger partial charge in [-0.15, -0.1) is 0 Å². The predicted octanol–water partition coefficient (Wildman–Crippen LogP) is 5.62. The van der Waals surface area contributed by atoms with E-state index in [2.05, 4.69) is 32.3 Å². The maximum atomic E-state index is 13.8. The van der Waals surface area contributed by atoms with Crippen molar-refractivity contribution in [2.75, 3.05) is 10.6 Å². The molecule has 0 radical (unpaired) electrons. The Morgan fingerprint density at radius 3 is 2.67 bits per heavy atom. The average Bonchev–Trinajstić information content (AvgIpc) is 3.33. The molecule has 5 aromatic rings. The van der Waals surface area contributed by atoms with Crippen LogP contribution < -0.4 is 20.9 Å². The number of pyridine rings is 1. The van der Waals surface area contributed by atoms with Crippen LogP contribution >= 0.6 is 23.2 Å². The Bertz CT molecular complexity index is 1820. The quantitative estimate of drug-likeness (QED) is 0.194. The van der Waals surface area contributed by atoms with E-state index in [0.717, 1.165) is 12.1 Å². The summed E-state index contributed by atoms with van der Waals surface area (Å²) < 4.78 is 22.5. The second-order valence-corrected chi connectivity index (χ2v) is 8.92. The minimum absolute atomic E-state index is 0.0196. The Balaban J connectivity index is 1.68. The second-order valence-electron chi connectivity index (χ2n) is 8.17. The van der Waals surface area contributed by atoms with E-state index >= 15 is 0 Å². The summed E-state index contributed by atoms with van der Waals surface area (Å²) in [5.41, 5.74) is 1.05. The third kappa shape index (κ3) is 5.31. The van der Waals surface area contributed by atoms with Crippen molar-refractivity contribution in [2.24, 2.45) is 7.05 Å². The third-order valence-corrected chi connectivity index (χ3v) is 6.29. The highest BCUT2D eigenvalue weighted by atomic mass is 35.5. The fraction of sp³-hybridized carbons (Fsp3) is 0.0385. The van der Waals surface area contributed by atoms with E-state index in [1.54, 1.807) is 48.4 Å². The molecule has 13 heteroatoms. The normalized spacial score (nSPS) is 10.9. The summed E-state index contributed by atoms with van der Waals surface area (Å²) in [6.07, 6.45) is 5.97. The summed E-state index contributed by atoms with van der Waals surface area (Å²) in [6.45, 7) is 3.45. The van der Waals surface area contributed by atoms with Gasteiger partial charge in [-0.3, -0.25) is 18.8 Å². The number of amides is 1. The van der Waals surface area contributed by atoms with E-state index in [1.807, 2.05) is 0 Å². The highest BCUT2D eigenvalue weighted by Crippen LogP contribution is 2.36. The molecule has 3 heterocycles. The molecule has 5 rings (SSSR count). The molecule has 0 saturated heterocycles. The van der Waals surface area contributed by atoms with Gasteiger partial charge in [0.1, 0.15) is 16.6 Å². The van der Waals surface area contributed by atoms with Gasteiger partial charge in [0, 0.05) is 30.5 Å². The van der Waals surface area contributed by atoms with E-state index in [-0.39, 0.29) is 33.1 Å². The number of hydrogen-bond donors (Lipinski definition) is 2. The first-order valence-electron chi connectivity index (χ1n) is 11.3. The average molecular weight is 566 g/mol. The molecule has 196 valence electrons. The van der Waals surface area contributed by atoms with Gasteiger partial charge in [-0.25, -0.2) is 9.37 Å². The highest BCUT2D eigenvalue weighted by Gasteiger charge is 2.19. The van der Waals surface area contributed by atoms with Crippen molar-refractivity contribution in [3.05, 3.63) is 99.9 Å². The summed E-state index contributed by atoms with van der Waals surface area (Å²) in [6, 6.07) is 10.3. The topological polar surface area (TPSA) is 116 Å². The number of hydrogen-bond acceptors (Lipinski definition) is 7. The Kier molecular flexibility index (Phi) is 7.01. The molecular formula is C26H18Cl2FN7O3. The molecule has 1 amide bonds. The van der Waals surface area contributed by atoms with E-state index < -0.39 is 17.3 Å². The van der Waals surface area contributed by atoms with Gasteiger partial charge in [0.25, 0.3) is 5.56 Å². The zero-order valence-corrected chi connectivity index (χ0v) is 21.7. The van der Waals surface area contributed by atoms with Crippen LogP contribution in [0.3, 0.4) is 0 Å². The van der Waals surface area contributed by atoms with E-state index in [1.165, 1.54) is 22.9 Å². The number of nitrogens with one attached hydrogen (secondary N) is 2. The van der Waals surface area contributed by atoms with Crippen LogP contribution in [0.5, 0.6) is 11.5 Å². The van der Waals surface area contributed by atoms with Crippen LogP contribution in [0, 0.1) is 5.82 Å². The fourth-order valence-electron chi connectivity index (χ4n) is 3.68. The number of fused-ring (bicyclic) bond motifs is 1. The molecule has 10 nitrogen and oxygen atoms in total. The summed E-state index contributed by atoms with van der Waals surface area (Å²) >= 11 is 12.1. The maximum absolute atomic E-state index is 13.8. The minimum Gasteiger partial charge on any atom is -0.450 e. The van der Waals surface area contributed by atoms with E-state index in [4.69, 9.17) is 27.9 Å². The van der Waals surface area contributed by atoms with Crippen LogP contribution in [0.15, 0.2) is 78.5 Å². The SMILES string of the molecule is C=CC(=O)Nc1cccc(-n2c(=O)c(Oc3ccc(F)c(Cl)c3Cl)cc3cnc(Nc4cnn(C)c4)nc32)c1. The van der Waals surface area contributed by atoms with Crippen molar-refractivity contribution in [3.63, 3.8) is 0 Å². The molecule has 3 aromatic heterocycles. The van der Waals surface area contributed by atoms with Crippen LogP contribution in [-0.2, 0) is 11.8 Å². The van der Waals surface area contributed by atoms with Gasteiger partial charge in [0.05, 0.1) is 22.6 Å². The lowest BCUT2D eigenvalue weighted by molar-refractivity contribution is -0.111. The number of aromatic nitrogens is 5. The number of anilines is 3. The number of aryl methyl sites for hydroxylation is 1. The van der Waals surface area contributed by atoms with E-state index in [9.17, 15) is 14.0 Å². The van der Waals surface area contributed by atoms with Crippen LogP contribution in [0.4, 0.5) is 21.7 Å². The van der Waals surface area contributed by atoms with Gasteiger partial charge >= 0.3 is 0 Å². The Labute approximate surface area is 230 Å². The third-order valence-electron chi connectivity index (χ3n) is 5.45. The Morgan fingerprint density at radius 2 is 1.92 bits per heavy atom. The molecular weight excluding hydrogens is 548 g/mol. The van der Waals surface area contributed by atoms with Crippen molar-refractivity contribution < 1.29 is 13.9 Å². The van der Waals surface area contributed by atoms with Gasteiger partial charge in [-0.1, -0.05) is 35.8 Å². The lowest BCUT2D eigenvalue weighted by Gasteiger charge is -2.15. The lowest BCUT2D eigenvalue weighted by atomic mass is 10.2. The first kappa shape index (κ1) is 25.9. The van der Waals surface area contributed by atoms with Crippen molar-refractivity contribution in [1.29, 1.82) is 0 Å². The number of ether oxygens (including phenoxy) is 1. The number of benzene rings is 2. The molecule has 0 unspecified atom stereocenters. The van der Waals surface area contributed by atoms with Crippen LogP contribution in [0.2, 0.25) is 10.0 Å². The zero-order chi connectivity index (χ0) is 27.7. The summed E-state index contributed by atoms with van der Waals surface area (Å²) in [7, 11) is 1.77. The van der Waals surface area contributed by atoms with Gasteiger partial charge in [0.15, 0.2) is 11.4 Å². The molecule has 0 aliphatic heterocycles. The monoisotopic (exact) mass is 565 g/mol.